The molecule has 2 aromatic carbocycles. The molecule has 0 unspecified atom stereocenters. The maximum Gasteiger partial charge on any atom is 0.196 e. The minimum Gasteiger partial charge on any atom is -0.495 e. The predicted molar refractivity (Wildman–Crippen MR) is 88.7 cm³/mol. The lowest BCUT2D eigenvalue weighted by Gasteiger charge is -2.10. The van der Waals surface area contributed by atoms with Gasteiger partial charge in [-0.1, -0.05) is 53.7 Å². The quantitative estimate of drug-likeness (QED) is 0.671. The van der Waals surface area contributed by atoms with Gasteiger partial charge in [0.25, 0.3) is 0 Å². The molecule has 5 heteroatoms. The van der Waals surface area contributed by atoms with E-state index < -0.39 is 0 Å². The average molecular weight is 311 g/mol. The molecule has 3 rings (SSSR count). The van der Waals surface area contributed by atoms with Crippen LogP contribution >= 0.6 is 11.8 Å². The Hall–Kier alpha value is -2.27. The molecule has 0 N–H and O–H groups in total. The van der Waals surface area contributed by atoms with Gasteiger partial charge >= 0.3 is 0 Å². The molecule has 0 saturated heterocycles. The molecule has 0 aliphatic rings. The van der Waals surface area contributed by atoms with E-state index in [1.54, 1.807) is 25.2 Å². The highest BCUT2D eigenvalue weighted by molar-refractivity contribution is 7.98. The summed E-state index contributed by atoms with van der Waals surface area (Å²) < 4.78 is 7.37. The van der Waals surface area contributed by atoms with Crippen molar-refractivity contribution in [2.24, 2.45) is 0 Å². The monoisotopic (exact) mass is 311 g/mol. The smallest absolute Gasteiger partial charge is 0.196 e. The van der Waals surface area contributed by atoms with Crippen LogP contribution in [0.15, 0.2) is 60.0 Å². The van der Waals surface area contributed by atoms with Crippen LogP contribution in [0.3, 0.4) is 0 Å². The zero-order valence-corrected chi connectivity index (χ0v) is 13.4. The molecule has 1 aromatic heterocycles. The first kappa shape index (κ1) is 14.7. The Morgan fingerprint density at radius 3 is 2.64 bits per heavy atom. The number of aromatic nitrogens is 3. The highest BCUT2D eigenvalue weighted by Gasteiger charge is 2.11. The number of hydrogen-bond acceptors (Lipinski definition) is 4. The molecule has 0 aliphatic heterocycles. The Morgan fingerprint density at radius 2 is 1.86 bits per heavy atom. The van der Waals surface area contributed by atoms with Crippen molar-refractivity contribution >= 4 is 11.8 Å². The first-order valence-corrected chi connectivity index (χ1v) is 7.98. The maximum atomic E-state index is 5.41. The molecule has 0 atom stereocenters. The second-order valence-corrected chi connectivity index (χ2v) is 5.87. The van der Waals surface area contributed by atoms with Crippen LogP contribution in [0, 0.1) is 6.92 Å². The van der Waals surface area contributed by atoms with Gasteiger partial charge in [0.2, 0.25) is 0 Å². The van der Waals surface area contributed by atoms with Crippen molar-refractivity contribution in [3.8, 4) is 11.4 Å². The van der Waals surface area contributed by atoms with Crippen LogP contribution in [0.1, 0.15) is 11.1 Å². The normalized spacial score (nSPS) is 10.6. The standard InChI is InChI=1S/C17H17N3OS/c1-13-7-9-14(10-8-13)11-22-17-19-18-12-20(17)15-5-3-4-6-16(15)21-2/h3-10,12H,11H2,1-2H3. The van der Waals surface area contributed by atoms with Gasteiger partial charge in [-0.25, -0.2) is 0 Å². The van der Waals surface area contributed by atoms with Gasteiger partial charge in [0, 0.05) is 5.75 Å². The maximum absolute atomic E-state index is 5.41. The van der Waals surface area contributed by atoms with Crippen molar-refractivity contribution in [2.45, 2.75) is 17.8 Å². The van der Waals surface area contributed by atoms with Crippen molar-refractivity contribution in [1.29, 1.82) is 0 Å². The predicted octanol–water partition coefficient (Wildman–Crippen LogP) is 3.88. The summed E-state index contributed by atoms with van der Waals surface area (Å²) in [5, 5.41) is 9.11. The molecule has 3 aromatic rings. The molecule has 112 valence electrons. The van der Waals surface area contributed by atoms with E-state index >= 15 is 0 Å². The van der Waals surface area contributed by atoms with Gasteiger partial charge in [-0.3, -0.25) is 4.57 Å². The largest absolute Gasteiger partial charge is 0.495 e. The number of hydrogen-bond donors (Lipinski definition) is 0. The number of ether oxygens (including phenoxy) is 1. The molecule has 0 spiro atoms. The SMILES string of the molecule is COc1ccccc1-n1cnnc1SCc1ccc(C)cc1. The van der Waals surface area contributed by atoms with E-state index in [1.165, 1.54) is 11.1 Å². The molecule has 0 amide bonds. The third-order valence-corrected chi connectivity index (χ3v) is 4.36. The second-order valence-electron chi connectivity index (χ2n) is 4.93. The van der Waals surface area contributed by atoms with Gasteiger partial charge in [0.1, 0.15) is 12.1 Å². The van der Waals surface area contributed by atoms with Gasteiger partial charge in [-0.05, 0) is 24.6 Å². The summed E-state index contributed by atoms with van der Waals surface area (Å²) >= 11 is 1.66. The number of methoxy groups -OCH3 is 1. The van der Waals surface area contributed by atoms with E-state index in [-0.39, 0.29) is 0 Å². The Kier molecular flexibility index (Phi) is 4.44. The first-order chi connectivity index (χ1) is 10.8. The topological polar surface area (TPSA) is 39.9 Å². The minimum atomic E-state index is 0.805. The van der Waals surface area contributed by atoms with Gasteiger partial charge in [0.05, 0.1) is 12.8 Å². The summed E-state index contributed by atoms with van der Waals surface area (Å²) in [7, 11) is 1.67. The minimum absolute atomic E-state index is 0.805. The summed E-state index contributed by atoms with van der Waals surface area (Å²) in [6.45, 7) is 2.09. The molecule has 1 heterocycles. The zero-order valence-electron chi connectivity index (χ0n) is 12.6. The van der Waals surface area contributed by atoms with E-state index in [2.05, 4.69) is 41.4 Å². The zero-order chi connectivity index (χ0) is 15.4. The van der Waals surface area contributed by atoms with Crippen molar-refractivity contribution in [3.63, 3.8) is 0 Å². The van der Waals surface area contributed by atoms with Crippen LogP contribution in [0.2, 0.25) is 0 Å². The number of nitrogens with zero attached hydrogens (tertiary/aromatic N) is 3. The van der Waals surface area contributed by atoms with Crippen molar-refractivity contribution in [2.75, 3.05) is 7.11 Å². The molecule has 0 aliphatic carbocycles. The fraction of sp³-hybridized carbons (Fsp3) is 0.176. The molecule has 0 saturated carbocycles. The van der Waals surface area contributed by atoms with Crippen LogP contribution < -0.4 is 4.74 Å². The second kappa shape index (κ2) is 6.66. The summed E-state index contributed by atoms with van der Waals surface area (Å²) in [5.41, 5.74) is 3.48. The molecule has 0 bridgehead atoms. The van der Waals surface area contributed by atoms with Crippen molar-refractivity contribution < 1.29 is 4.74 Å². The molecular formula is C17H17N3OS. The number of thioether (sulfide) groups is 1. The van der Waals surface area contributed by atoms with Crippen LogP contribution in [-0.4, -0.2) is 21.9 Å². The first-order valence-electron chi connectivity index (χ1n) is 6.99. The Bertz CT molecular complexity index is 753. The highest BCUT2D eigenvalue weighted by atomic mass is 32.2. The lowest BCUT2D eigenvalue weighted by molar-refractivity contribution is 0.412. The van der Waals surface area contributed by atoms with E-state index in [0.717, 1.165) is 22.3 Å². The summed E-state index contributed by atoms with van der Waals surface area (Å²) in [4.78, 5) is 0. The third kappa shape index (κ3) is 3.14. The average Bonchev–Trinajstić information content (AvgIpc) is 3.02. The molecule has 4 nitrogen and oxygen atoms in total. The number of rotatable bonds is 5. The van der Waals surface area contributed by atoms with Crippen molar-refractivity contribution in [1.82, 2.24) is 14.8 Å². The molecular weight excluding hydrogens is 294 g/mol. The molecule has 0 fully saturated rings. The van der Waals surface area contributed by atoms with Gasteiger partial charge in [-0.2, -0.15) is 0 Å². The van der Waals surface area contributed by atoms with Crippen molar-refractivity contribution in [3.05, 3.63) is 66.0 Å². The fourth-order valence-electron chi connectivity index (χ4n) is 2.15. The summed E-state index contributed by atoms with van der Waals surface area (Å²) in [6.07, 6.45) is 1.72. The van der Waals surface area contributed by atoms with E-state index in [1.807, 2.05) is 28.8 Å². The number of aryl methyl sites for hydroxylation is 1. The highest BCUT2D eigenvalue weighted by Crippen LogP contribution is 2.28. The van der Waals surface area contributed by atoms with Gasteiger partial charge < -0.3 is 4.74 Å². The van der Waals surface area contributed by atoms with E-state index in [9.17, 15) is 0 Å². The lowest BCUT2D eigenvalue weighted by atomic mass is 10.2. The van der Waals surface area contributed by atoms with Gasteiger partial charge in [-0.15, -0.1) is 10.2 Å². The summed E-state index contributed by atoms with van der Waals surface area (Å²) in [6, 6.07) is 16.4. The van der Waals surface area contributed by atoms with Crippen LogP contribution in [0.5, 0.6) is 5.75 Å². The Morgan fingerprint density at radius 1 is 1.09 bits per heavy atom. The Balaban J connectivity index is 1.81. The van der Waals surface area contributed by atoms with Gasteiger partial charge in [0.15, 0.2) is 5.16 Å². The van der Waals surface area contributed by atoms with Crippen LogP contribution in [0.4, 0.5) is 0 Å². The number of para-hydroxylation sites is 2. The molecule has 22 heavy (non-hydrogen) atoms. The molecule has 0 radical (unpaired) electrons. The van der Waals surface area contributed by atoms with Crippen LogP contribution in [-0.2, 0) is 5.75 Å². The van der Waals surface area contributed by atoms with E-state index in [4.69, 9.17) is 4.74 Å². The van der Waals surface area contributed by atoms with Crippen LogP contribution in [0.25, 0.3) is 5.69 Å². The Labute approximate surface area is 134 Å². The third-order valence-electron chi connectivity index (χ3n) is 3.35. The lowest BCUT2D eigenvalue weighted by Crippen LogP contribution is -1.98. The number of benzene rings is 2. The fourth-order valence-corrected chi connectivity index (χ4v) is 3.03. The summed E-state index contributed by atoms with van der Waals surface area (Å²) in [5.74, 6) is 1.66. The van der Waals surface area contributed by atoms with E-state index in [0.29, 0.717) is 0 Å².